The van der Waals surface area contributed by atoms with Gasteiger partial charge in [0.2, 0.25) is 0 Å². The Kier molecular flexibility index (Phi) is 3.82. The van der Waals surface area contributed by atoms with Crippen molar-refractivity contribution < 1.29 is 0 Å². The van der Waals surface area contributed by atoms with Gasteiger partial charge in [-0.05, 0) is 62.4 Å². The third-order valence-corrected chi connectivity index (χ3v) is 5.80. The minimum Gasteiger partial charge on any atom is -0.324 e. The summed E-state index contributed by atoms with van der Waals surface area (Å²) < 4.78 is 2.51. The van der Waals surface area contributed by atoms with Crippen LogP contribution in [0.5, 0.6) is 0 Å². The molecule has 2 aliphatic rings. The molecule has 1 aliphatic carbocycles. The predicted octanol–water partition coefficient (Wildman–Crippen LogP) is 4.75. The highest BCUT2D eigenvalue weighted by Crippen LogP contribution is 2.39. The summed E-state index contributed by atoms with van der Waals surface area (Å²) >= 11 is 0. The van der Waals surface area contributed by atoms with Gasteiger partial charge in [0.25, 0.3) is 0 Å². The van der Waals surface area contributed by atoms with E-state index in [9.17, 15) is 0 Å². The number of nitrogens with zero attached hydrogens (tertiary/aromatic N) is 3. The van der Waals surface area contributed by atoms with Gasteiger partial charge in [-0.3, -0.25) is 4.90 Å². The number of para-hydroxylation sites is 2. The normalized spacial score (nSPS) is 19.5. The molecule has 0 bridgehead atoms. The lowest BCUT2D eigenvalue weighted by atomic mass is 9.89. The fourth-order valence-corrected chi connectivity index (χ4v) is 4.30. The maximum atomic E-state index is 4.97. The highest BCUT2D eigenvalue weighted by Gasteiger charge is 2.29. The largest absolute Gasteiger partial charge is 0.324 e. The molecule has 1 aromatic heterocycles. The van der Waals surface area contributed by atoms with Crippen molar-refractivity contribution in [3.63, 3.8) is 0 Å². The molecule has 0 amide bonds. The number of fused-ring (bicyclic) bond motifs is 1. The standard InChI is InChI=1S/C22H25N3/c1-2-6-17(7-3-1)18-12-14-24(15-13-18)16-22-23-20-8-4-5-9-21(20)25(22)19-10-11-19/h1-9,18-19H,10-16H2. The first kappa shape index (κ1) is 15.2. The van der Waals surface area contributed by atoms with Gasteiger partial charge >= 0.3 is 0 Å². The van der Waals surface area contributed by atoms with Crippen LogP contribution in [0.25, 0.3) is 11.0 Å². The molecule has 3 heteroatoms. The first-order valence-electron chi connectivity index (χ1n) is 9.61. The Morgan fingerprint density at radius 2 is 1.56 bits per heavy atom. The Hall–Kier alpha value is -2.13. The topological polar surface area (TPSA) is 21.1 Å². The van der Waals surface area contributed by atoms with Crippen LogP contribution >= 0.6 is 0 Å². The second kappa shape index (κ2) is 6.30. The molecule has 2 aromatic carbocycles. The molecule has 0 unspecified atom stereocenters. The van der Waals surface area contributed by atoms with E-state index in [0.717, 1.165) is 18.0 Å². The zero-order valence-electron chi connectivity index (χ0n) is 14.6. The van der Waals surface area contributed by atoms with Crippen LogP contribution in [0.1, 0.15) is 49.0 Å². The van der Waals surface area contributed by atoms with E-state index in [4.69, 9.17) is 4.98 Å². The summed E-state index contributed by atoms with van der Waals surface area (Å²) in [6.45, 7) is 3.34. The van der Waals surface area contributed by atoms with Gasteiger partial charge in [-0.25, -0.2) is 4.98 Å². The van der Waals surface area contributed by atoms with Gasteiger partial charge in [0.05, 0.1) is 17.6 Å². The number of hydrogen-bond donors (Lipinski definition) is 0. The summed E-state index contributed by atoms with van der Waals surface area (Å²) in [4.78, 5) is 7.56. The molecule has 25 heavy (non-hydrogen) atoms. The van der Waals surface area contributed by atoms with Gasteiger partial charge in [-0.15, -0.1) is 0 Å². The summed E-state index contributed by atoms with van der Waals surface area (Å²) in [6, 6.07) is 20.3. The number of imidazole rings is 1. The van der Waals surface area contributed by atoms with Crippen molar-refractivity contribution in [2.45, 2.75) is 44.2 Å². The summed E-state index contributed by atoms with van der Waals surface area (Å²) in [6.07, 6.45) is 5.13. The van der Waals surface area contributed by atoms with E-state index >= 15 is 0 Å². The van der Waals surface area contributed by atoms with Crippen LogP contribution in [0.3, 0.4) is 0 Å². The molecule has 0 radical (unpaired) electrons. The first-order valence-corrected chi connectivity index (χ1v) is 9.61. The summed E-state index contributed by atoms with van der Waals surface area (Å²) in [5.41, 5.74) is 3.98. The molecule has 1 saturated carbocycles. The van der Waals surface area contributed by atoms with Gasteiger partial charge in [-0.1, -0.05) is 42.5 Å². The molecule has 0 N–H and O–H groups in total. The lowest BCUT2D eigenvalue weighted by molar-refractivity contribution is 0.198. The number of piperidine rings is 1. The van der Waals surface area contributed by atoms with Crippen LogP contribution in [0.4, 0.5) is 0 Å². The van der Waals surface area contributed by atoms with Crippen molar-refractivity contribution >= 4 is 11.0 Å². The average Bonchev–Trinajstić information content (AvgIpc) is 3.44. The molecule has 2 heterocycles. The number of benzene rings is 2. The van der Waals surface area contributed by atoms with Crippen molar-refractivity contribution in [3.05, 3.63) is 66.0 Å². The number of hydrogen-bond acceptors (Lipinski definition) is 2. The third-order valence-electron chi connectivity index (χ3n) is 5.80. The molecular weight excluding hydrogens is 306 g/mol. The molecule has 128 valence electrons. The Labute approximate surface area is 149 Å². The van der Waals surface area contributed by atoms with Gasteiger partial charge in [0.1, 0.15) is 5.82 Å². The second-order valence-corrected chi connectivity index (χ2v) is 7.58. The summed E-state index contributed by atoms with van der Waals surface area (Å²) in [7, 11) is 0. The number of likely N-dealkylation sites (tertiary alicyclic amines) is 1. The second-order valence-electron chi connectivity index (χ2n) is 7.58. The van der Waals surface area contributed by atoms with E-state index in [1.807, 2.05) is 0 Å². The zero-order valence-corrected chi connectivity index (χ0v) is 14.6. The lowest BCUT2D eigenvalue weighted by Gasteiger charge is -2.32. The fraction of sp³-hybridized carbons (Fsp3) is 0.409. The van der Waals surface area contributed by atoms with E-state index in [2.05, 4.69) is 64.1 Å². The van der Waals surface area contributed by atoms with E-state index in [1.165, 1.54) is 55.7 Å². The van der Waals surface area contributed by atoms with Crippen LogP contribution in [0, 0.1) is 0 Å². The predicted molar refractivity (Wildman–Crippen MR) is 102 cm³/mol. The summed E-state index contributed by atoms with van der Waals surface area (Å²) in [5.74, 6) is 1.99. The van der Waals surface area contributed by atoms with Gasteiger partial charge < -0.3 is 4.57 Å². The monoisotopic (exact) mass is 331 g/mol. The molecule has 1 aliphatic heterocycles. The molecule has 1 saturated heterocycles. The van der Waals surface area contributed by atoms with Crippen LogP contribution < -0.4 is 0 Å². The maximum Gasteiger partial charge on any atom is 0.124 e. The quantitative estimate of drug-likeness (QED) is 0.688. The van der Waals surface area contributed by atoms with Crippen molar-refractivity contribution in [2.24, 2.45) is 0 Å². The minimum atomic E-state index is 0.684. The molecule has 3 aromatic rings. The van der Waals surface area contributed by atoms with Crippen molar-refractivity contribution in [3.8, 4) is 0 Å². The molecular formula is C22H25N3. The highest BCUT2D eigenvalue weighted by atomic mass is 15.2. The Bertz CT molecular complexity index is 855. The van der Waals surface area contributed by atoms with Crippen LogP contribution in [-0.2, 0) is 6.54 Å². The smallest absolute Gasteiger partial charge is 0.124 e. The van der Waals surface area contributed by atoms with Gasteiger partial charge in [0.15, 0.2) is 0 Å². The van der Waals surface area contributed by atoms with Gasteiger partial charge in [0, 0.05) is 6.04 Å². The van der Waals surface area contributed by atoms with Gasteiger partial charge in [-0.2, -0.15) is 0 Å². The maximum absolute atomic E-state index is 4.97. The number of aromatic nitrogens is 2. The Morgan fingerprint density at radius 3 is 2.32 bits per heavy atom. The minimum absolute atomic E-state index is 0.684. The number of rotatable bonds is 4. The third kappa shape index (κ3) is 2.98. The molecule has 3 nitrogen and oxygen atoms in total. The lowest BCUT2D eigenvalue weighted by Crippen LogP contribution is -2.33. The Morgan fingerprint density at radius 1 is 0.840 bits per heavy atom. The molecule has 5 rings (SSSR count). The molecule has 0 spiro atoms. The zero-order chi connectivity index (χ0) is 16.6. The van der Waals surface area contributed by atoms with Crippen LogP contribution in [0.15, 0.2) is 54.6 Å². The van der Waals surface area contributed by atoms with E-state index in [-0.39, 0.29) is 0 Å². The van der Waals surface area contributed by atoms with Crippen molar-refractivity contribution in [2.75, 3.05) is 13.1 Å². The molecule has 2 fully saturated rings. The molecule has 0 atom stereocenters. The van der Waals surface area contributed by atoms with Crippen LogP contribution in [0.2, 0.25) is 0 Å². The van der Waals surface area contributed by atoms with E-state index in [0.29, 0.717) is 6.04 Å². The van der Waals surface area contributed by atoms with Crippen molar-refractivity contribution in [1.82, 2.24) is 14.5 Å². The Balaban J connectivity index is 1.32. The SMILES string of the molecule is c1ccc(C2CCN(Cc3nc4ccccc4n3C3CC3)CC2)cc1. The fourth-order valence-electron chi connectivity index (χ4n) is 4.30. The first-order chi connectivity index (χ1) is 12.4. The van der Waals surface area contributed by atoms with E-state index in [1.54, 1.807) is 0 Å². The van der Waals surface area contributed by atoms with Crippen molar-refractivity contribution in [1.29, 1.82) is 0 Å². The average molecular weight is 331 g/mol. The van der Waals surface area contributed by atoms with E-state index < -0.39 is 0 Å². The highest BCUT2D eigenvalue weighted by molar-refractivity contribution is 5.76. The van der Waals surface area contributed by atoms with Crippen LogP contribution in [-0.4, -0.2) is 27.5 Å². The summed E-state index contributed by atoms with van der Waals surface area (Å²) in [5, 5.41) is 0.